The summed E-state index contributed by atoms with van der Waals surface area (Å²) in [6.07, 6.45) is 6.54. The number of rotatable bonds is 1. The fraction of sp³-hybridized carbons (Fsp3) is 0.167. The Morgan fingerprint density at radius 2 is 1.57 bits per heavy atom. The smallest absolute Gasteiger partial charge is 0.419 e. The molecule has 3 nitrogen and oxygen atoms in total. The van der Waals surface area contributed by atoms with Gasteiger partial charge in [-0.15, -0.1) is 6.42 Å². The lowest BCUT2D eigenvalue weighted by Gasteiger charge is -2.23. The van der Waals surface area contributed by atoms with E-state index in [1.165, 1.54) is 0 Å². The lowest BCUT2D eigenvalue weighted by Crippen LogP contribution is -2.27. The van der Waals surface area contributed by atoms with E-state index in [1.54, 1.807) is 4.90 Å². The van der Waals surface area contributed by atoms with Crippen molar-refractivity contribution < 1.29 is 9.53 Å². The molecule has 0 atom stereocenters. The number of terminal acetylenes is 1. The Morgan fingerprint density at radius 3 is 2.10 bits per heavy atom. The van der Waals surface area contributed by atoms with Gasteiger partial charge in [-0.25, -0.2) is 9.69 Å². The monoisotopic (exact) mass is 277 g/mol. The number of amides is 1. The molecule has 0 N–H and O–H groups in total. The van der Waals surface area contributed by atoms with Crippen LogP contribution in [0, 0.1) is 12.3 Å². The first kappa shape index (κ1) is 13.3. The van der Waals surface area contributed by atoms with Crippen LogP contribution < -0.4 is 4.90 Å². The molecule has 0 bridgehead atoms. The van der Waals surface area contributed by atoms with Gasteiger partial charge >= 0.3 is 6.09 Å². The molecule has 1 aliphatic heterocycles. The first-order valence-electron chi connectivity index (χ1n) is 6.87. The minimum Gasteiger partial charge on any atom is -0.436 e. The molecule has 104 valence electrons. The highest BCUT2D eigenvalue weighted by Crippen LogP contribution is 2.36. The van der Waals surface area contributed by atoms with Crippen molar-refractivity contribution in [1.82, 2.24) is 0 Å². The summed E-state index contributed by atoms with van der Waals surface area (Å²) >= 11 is 0. The summed E-state index contributed by atoms with van der Waals surface area (Å²) in [7, 11) is 0. The maximum atomic E-state index is 12.4. The number of fused-ring (bicyclic) bond motifs is 2. The summed E-state index contributed by atoms with van der Waals surface area (Å²) in [5.41, 5.74) is 3.99. The SMILES string of the molecule is C#CCOC(=O)N1c2ccccc2CCc2ccccc21. The van der Waals surface area contributed by atoms with E-state index in [9.17, 15) is 4.79 Å². The van der Waals surface area contributed by atoms with Crippen LogP contribution in [0.2, 0.25) is 0 Å². The zero-order valence-corrected chi connectivity index (χ0v) is 11.6. The third kappa shape index (κ3) is 2.48. The first-order valence-corrected chi connectivity index (χ1v) is 6.87. The molecule has 2 aromatic carbocycles. The lowest BCUT2D eigenvalue weighted by molar-refractivity contribution is 0.170. The van der Waals surface area contributed by atoms with E-state index in [4.69, 9.17) is 11.2 Å². The fourth-order valence-electron chi connectivity index (χ4n) is 2.64. The molecule has 1 heterocycles. The topological polar surface area (TPSA) is 29.5 Å². The number of carbonyl (C=O) groups is 1. The van der Waals surface area contributed by atoms with Crippen LogP contribution in [0.3, 0.4) is 0 Å². The molecule has 1 amide bonds. The molecule has 1 aliphatic rings. The van der Waals surface area contributed by atoms with E-state index in [-0.39, 0.29) is 6.61 Å². The molecule has 0 fully saturated rings. The maximum Gasteiger partial charge on any atom is 0.419 e. The molecule has 21 heavy (non-hydrogen) atoms. The van der Waals surface area contributed by atoms with Crippen molar-refractivity contribution in [2.24, 2.45) is 0 Å². The highest BCUT2D eigenvalue weighted by molar-refractivity contribution is 5.98. The van der Waals surface area contributed by atoms with Crippen LogP contribution >= 0.6 is 0 Å². The molecule has 2 aromatic rings. The van der Waals surface area contributed by atoms with Crippen molar-refractivity contribution in [3.05, 3.63) is 59.7 Å². The first-order chi connectivity index (χ1) is 10.3. The number of hydrogen-bond acceptors (Lipinski definition) is 2. The minimum atomic E-state index is -0.435. The van der Waals surface area contributed by atoms with Crippen LogP contribution in [0.15, 0.2) is 48.5 Å². The van der Waals surface area contributed by atoms with Crippen LogP contribution in [-0.4, -0.2) is 12.7 Å². The second-order valence-electron chi connectivity index (χ2n) is 4.85. The van der Waals surface area contributed by atoms with Gasteiger partial charge in [-0.3, -0.25) is 0 Å². The Labute approximate surface area is 124 Å². The van der Waals surface area contributed by atoms with Crippen molar-refractivity contribution in [2.45, 2.75) is 12.8 Å². The summed E-state index contributed by atoms with van der Waals surface area (Å²) in [5, 5.41) is 0. The molecule has 0 radical (unpaired) electrons. The van der Waals surface area contributed by atoms with E-state index < -0.39 is 6.09 Å². The second kappa shape index (κ2) is 5.72. The Balaban J connectivity index is 2.11. The molecule has 3 heteroatoms. The lowest BCUT2D eigenvalue weighted by atomic mass is 10.0. The molecular formula is C18H15NO2. The van der Waals surface area contributed by atoms with Crippen LogP contribution in [0.4, 0.5) is 16.2 Å². The van der Waals surface area contributed by atoms with Gasteiger partial charge in [0.25, 0.3) is 0 Å². The van der Waals surface area contributed by atoms with Crippen LogP contribution in [0.5, 0.6) is 0 Å². The summed E-state index contributed by atoms with van der Waals surface area (Å²) in [6.45, 7) is -0.0281. The van der Waals surface area contributed by atoms with Gasteiger partial charge in [0.2, 0.25) is 0 Å². The van der Waals surface area contributed by atoms with Crippen LogP contribution in [0.25, 0.3) is 0 Å². The largest absolute Gasteiger partial charge is 0.436 e. The molecular weight excluding hydrogens is 262 g/mol. The van der Waals surface area contributed by atoms with Crippen LogP contribution in [0.1, 0.15) is 11.1 Å². The number of anilines is 2. The molecule has 3 rings (SSSR count). The molecule has 0 spiro atoms. The third-order valence-electron chi connectivity index (χ3n) is 3.59. The number of carbonyl (C=O) groups excluding carboxylic acids is 1. The van der Waals surface area contributed by atoms with E-state index in [0.29, 0.717) is 0 Å². The number of hydrogen-bond donors (Lipinski definition) is 0. The highest BCUT2D eigenvalue weighted by atomic mass is 16.6. The Bertz CT molecular complexity index is 668. The van der Waals surface area contributed by atoms with E-state index >= 15 is 0 Å². The fourth-order valence-corrected chi connectivity index (χ4v) is 2.64. The zero-order valence-electron chi connectivity index (χ0n) is 11.6. The number of ether oxygens (including phenoxy) is 1. The number of nitrogens with zero attached hydrogens (tertiary/aromatic N) is 1. The quantitative estimate of drug-likeness (QED) is 0.744. The van der Waals surface area contributed by atoms with Crippen molar-refractivity contribution in [1.29, 1.82) is 0 Å². The summed E-state index contributed by atoms with van der Waals surface area (Å²) in [5.74, 6) is 2.33. The number of benzene rings is 2. The predicted octanol–water partition coefficient (Wildman–Crippen LogP) is 3.69. The molecule has 0 aromatic heterocycles. The molecule has 0 unspecified atom stereocenters. The molecule has 0 saturated carbocycles. The number of para-hydroxylation sites is 2. The summed E-state index contributed by atoms with van der Waals surface area (Å²) in [6, 6.07) is 15.8. The molecule has 0 aliphatic carbocycles. The third-order valence-corrected chi connectivity index (χ3v) is 3.59. The molecule has 0 saturated heterocycles. The van der Waals surface area contributed by atoms with Crippen molar-refractivity contribution >= 4 is 17.5 Å². The van der Waals surface area contributed by atoms with E-state index in [2.05, 4.69) is 5.92 Å². The normalized spacial score (nSPS) is 12.6. The Hall–Kier alpha value is -2.73. The van der Waals surface area contributed by atoms with Gasteiger partial charge in [-0.05, 0) is 36.1 Å². The van der Waals surface area contributed by atoms with Gasteiger partial charge in [0, 0.05) is 0 Å². The standard InChI is InChI=1S/C18H15NO2/c1-2-13-21-18(20)19-16-9-5-3-7-14(16)11-12-15-8-4-6-10-17(15)19/h1,3-10H,11-13H2. The van der Waals surface area contributed by atoms with Crippen molar-refractivity contribution in [2.75, 3.05) is 11.5 Å². The van der Waals surface area contributed by atoms with E-state index in [1.807, 2.05) is 48.5 Å². The minimum absolute atomic E-state index is 0.0281. The van der Waals surface area contributed by atoms with Gasteiger partial charge in [0.1, 0.15) is 0 Å². The Morgan fingerprint density at radius 1 is 1.05 bits per heavy atom. The average Bonchev–Trinajstić information content (AvgIpc) is 2.69. The average molecular weight is 277 g/mol. The summed E-state index contributed by atoms with van der Waals surface area (Å²) < 4.78 is 5.15. The van der Waals surface area contributed by atoms with Gasteiger partial charge in [-0.2, -0.15) is 0 Å². The number of aryl methyl sites for hydroxylation is 2. The Kier molecular flexibility index (Phi) is 3.61. The maximum absolute atomic E-state index is 12.4. The van der Waals surface area contributed by atoms with Gasteiger partial charge in [-0.1, -0.05) is 42.3 Å². The van der Waals surface area contributed by atoms with E-state index in [0.717, 1.165) is 35.3 Å². The van der Waals surface area contributed by atoms with Crippen molar-refractivity contribution in [3.63, 3.8) is 0 Å². The second-order valence-corrected chi connectivity index (χ2v) is 4.85. The van der Waals surface area contributed by atoms with Gasteiger partial charge in [0.15, 0.2) is 6.61 Å². The van der Waals surface area contributed by atoms with Gasteiger partial charge in [0.05, 0.1) is 11.4 Å². The summed E-state index contributed by atoms with van der Waals surface area (Å²) in [4.78, 5) is 14.1. The zero-order chi connectivity index (χ0) is 14.7. The van der Waals surface area contributed by atoms with Crippen LogP contribution in [-0.2, 0) is 17.6 Å². The van der Waals surface area contributed by atoms with Gasteiger partial charge < -0.3 is 4.74 Å². The van der Waals surface area contributed by atoms with Crippen molar-refractivity contribution in [3.8, 4) is 12.3 Å². The highest BCUT2D eigenvalue weighted by Gasteiger charge is 2.26. The predicted molar refractivity (Wildman–Crippen MR) is 82.6 cm³/mol.